The highest BCUT2D eigenvalue weighted by Crippen LogP contribution is 2.28. The number of nitrogens with zero attached hydrogens (tertiary/aromatic N) is 1. The highest BCUT2D eigenvalue weighted by atomic mass is 32.2. The van der Waals surface area contributed by atoms with E-state index in [0.717, 1.165) is 12.1 Å². The van der Waals surface area contributed by atoms with Crippen LogP contribution < -0.4 is 5.32 Å². The second-order valence-corrected chi connectivity index (χ2v) is 6.52. The van der Waals surface area contributed by atoms with E-state index in [1.165, 1.54) is 23.9 Å². The lowest BCUT2D eigenvalue weighted by atomic mass is 10.1. The summed E-state index contributed by atoms with van der Waals surface area (Å²) in [6, 6.07) is 4.35. The van der Waals surface area contributed by atoms with Gasteiger partial charge in [-0.3, -0.25) is 4.79 Å². The Labute approximate surface area is 154 Å². The number of anilines is 2. The molecular weight excluding hydrogens is 365 g/mol. The van der Waals surface area contributed by atoms with Crippen molar-refractivity contribution in [2.45, 2.75) is 31.7 Å². The average molecular weight is 384 g/mol. The highest BCUT2D eigenvalue weighted by molar-refractivity contribution is 7.99. The fourth-order valence-electron chi connectivity index (χ4n) is 2.23. The van der Waals surface area contributed by atoms with Gasteiger partial charge in [0.05, 0.1) is 12.3 Å². The van der Waals surface area contributed by atoms with Crippen molar-refractivity contribution >= 4 is 29.2 Å². The number of pyridine rings is 1. The van der Waals surface area contributed by atoms with E-state index < -0.39 is 23.4 Å². The number of nitrogens with one attached hydrogen (secondary N) is 1. The number of esters is 1. The molecule has 4 nitrogen and oxygen atoms in total. The molecular formula is C18H19F3N2O2S. The van der Waals surface area contributed by atoms with Crippen molar-refractivity contribution in [2.24, 2.45) is 0 Å². The zero-order valence-electron chi connectivity index (χ0n) is 14.4. The molecule has 1 N–H and O–H groups in total. The van der Waals surface area contributed by atoms with E-state index in [1.54, 1.807) is 6.92 Å². The fraction of sp³-hybridized carbons (Fsp3) is 0.333. The maximum Gasteiger partial charge on any atom is 0.306 e. The molecule has 0 radical (unpaired) electrons. The van der Waals surface area contributed by atoms with E-state index in [0.29, 0.717) is 11.3 Å². The number of hydrogen-bond donors (Lipinski definition) is 1. The van der Waals surface area contributed by atoms with E-state index in [2.05, 4.69) is 10.3 Å². The number of ether oxygens (including phenoxy) is 1. The van der Waals surface area contributed by atoms with E-state index in [1.807, 2.05) is 6.92 Å². The smallest absolute Gasteiger partial charge is 0.306 e. The van der Waals surface area contributed by atoms with Gasteiger partial charge >= 0.3 is 5.97 Å². The standard InChI is InChI=1S/C18H19F3N2O2S/c1-3-25-16(24)8-5-11-9-14(21)18(26-4-2)23-17(11)22-15-7-6-12(19)10-13(15)20/h6-7,9-10H,3-5,8H2,1-2H3,(H,22,23). The first-order valence-corrected chi connectivity index (χ1v) is 9.13. The van der Waals surface area contributed by atoms with Crippen molar-refractivity contribution in [1.82, 2.24) is 4.98 Å². The van der Waals surface area contributed by atoms with Crippen LogP contribution in [0.2, 0.25) is 0 Å². The van der Waals surface area contributed by atoms with Gasteiger partial charge in [-0.05, 0) is 42.9 Å². The normalized spacial score (nSPS) is 10.7. The van der Waals surface area contributed by atoms with Crippen LogP contribution in [-0.2, 0) is 16.0 Å². The predicted molar refractivity (Wildman–Crippen MR) is 95.2 cm³/mol. The third-order valence-electron chi connectivity index (χ3n) is 3.39. The van der Waals surface area contributed by atoms with E-state index >= 15 is 0 Å². The summed E-state index contributed by atoms with van der Waals surface area (Å²) in [7, 11) is 0. The third kappa shape index (κ3) is 5.39. The Morgan fingerprint density at radius 2 is 1.96 bits per heavy atom. The topological polar surface area (TPSA) is 51.2 Å². The molecule has 0 fully saturated rings. The Kier molecular flexibility index (Phi) is 7.32. The molecule has 0 aliphatic rings. The molecule has 0 aliphatic heterocycles. The molecule has 1 aromatic carbocycles. The van der Waals surface area contributed by atoms with Crippen molar-refractivity contribution in [3.63, 3.8) is 0 Å². The largest absolute Gasteiger partial charge is 0.466 e. The number of hydrogen-bond acceptors (Lipinski definition) is 5. The van der Waals surface area contributed by atoms with Crippen molar-refractivity contribution in [3.05, 3.63) is 47.3 Å². The molecule has 0 amide bonds. The summed E-state index contributed by atoms with van der Waals surface area (Å²) in [5.41, 5.74) is 0.412. The minimum absolute atomic E-state index is 0.00958. The first-order chi connectivity index (χ1) is 12.4. The van der Waals surface area contributed by atoms with Gasteiger partial charge in [-0.1, -0.05) is 6.92 Å². The summed E-state index contributed by atoms with van der Waals surface area (Å²) >= 11 is 1.20. The van der Waals surface area contributed by atoms with Crippen LogP contribution in [-0.4, -0.2) is 23.3 Å². The summed E-state index contributed by atoms with van der Waals surface area (Å²) in [5, 5.41) is 2.93. The van der Waals surface area contributed by atoms with Crippen LogP contribution in [0.5, 0.6) is 0 Å². The summed E-state index contributed by atoms with van der Waals surface area (Å²) < 4.78 is 46.1. The van der Waals surface area contributed by atoms with Crippen LogP contribution in [0.25, 0.3) is 0 Å². The molecule has 0 atom stereocenters. The SMILES string of the molecule is CCOC(=O)CCc1cc(F)c(SCC)nc1Nc1ccc(F)cc1F. The van der Waals surface area contributed by atoms with Crippen molar-refractivity contribution in [1.29, 1.82) is 0 Å². The van der Waals surface area contributed by atoms with Crippen molar-refractivity contribution < 1.29 is 22.7 Å². The van der Waals surface area contributed by atoms with Gasteiger partial charge in [0.2, 0.25) is 0 Å². The Morgan fingerprint density at radius 3 is 2.62 bits per heavy atom. The monoisotopic (exact) mass is 384 g/mol. The average Bonchev–Trinajstić information content (AvgIpc) is 2.59. The van der Waals surface area contributed by atoms with Crippen molar-refractivity contribution in [2.75, 3.05) is 17.7 Å². The Bertz CT molecular complexity index is 787. The van der Waals surface area contributed by atoms with Crippen molar-refractivity contribution in [3.8, 4) is 0 Å². The summed E-state index contributed by atoms with van der Waals surface area (Å²) in [5.74, 6) is -1.60. The molecule has 0 saturated heterocycles. The second-order valence-electron chi connectivity index (χ2n) is 5.27. The zero-order valence-corrected chi connectivity index (χ0v) is 15.3. The van der Waals surface area contributed by atoms with Crippen LogP contribution in [0.4, 0.5) is 24.7 Å². The highest BCUT2D eigenvalue weighted by Gasteiger charge is 2.15. The minimum atomic E-state index is -0.794. The Balaban J connectivity index is 2.32. The van der Waals surface area contributed by atoms with Crippen LogP contribution in [0.15, 0.2) is 29.3 Å². The van der Waals surface area contributed by atoms with Crippen LogP contribution >= 0.6 is 11.8 Å². The summed E-state index contributed by atoms with van der Waals surface area (Å²) in [6.45, 7) is 3.80. The fourth-order valence-corrected chi connectivity index (χ4v) is 2.86. The number of rotatable bonds is 8. The maximum atomic E-state index is 14.2. The first-order valence-electron chi connectivity index (χ1n) is 8.14. The van der Waals surface area contributed by atoms with Gasteiger partial charge in [-0.25, -0.2) is 18.2 Å². The lowest BCUT2D eigenvalue weighted by Crippen LogP contribution is -2.08. The molecule has 2 aromatic rings. The molecule has 2 rings (SSSR count). The molecule has 0 bridgehead atoms. The lowest BCUT2D eigenvalue weighted by molar-refractivity contribution is -0.143. The predicted octanol–water partition coefficient (Wildman–Crippen LogP) is 4.85. The molecule has 0 unspecified atom stereocenters. The first kappa shape index (κ1) is 20.1. The number of aromatic nitrogens is 1. The molecule has 0 spiro atoms. The molecule has 26 heavy (non-hydrogen) atoms. The molecule has 1 aromatic heterocycles. The van der Waals surface area contributed by atoms with E-state index in [-0.39, 0.29) is 36.0 Å². The van der Waals surface area contributed by atoms with Gasteiger partial charge in [0.15, 0.2) is 5.82 Å². The van der Waals surface area contributed by atoms with E-state index in [4.69, 9.17) is 4.74 Å². The van der Waals surface area contributed by atoms with Gasteiger partial charge < -0.3 is 10.1 Å². The number of carbonyl (C=O) groups is 1. The van der Waals surface area contributed by atoms with Gasteiger partial charge in [0.25, 0.3) is 0 Å². The molecule has 0 aliphatic carbocycles. The maximum absolute atomic E-state index is 14.2. The summed E-state index contributed by atoms with van der Waals surface area (Å²) in [6.07, 6.45) is 0.209. The molecule has 0 saturated carbocycles. The van der Waals surface area contributed by atoms with Gasteiger partial charge in [0.1, 0.15) is 22.5 Å². The van der Waals surface area contributed by atoms with Gasteiger partial charge in [-0.2, -0.15) is 0 Å². The molecule has 8 heteroatoms. The number of carbonyl (C=O) groups excluding carboxylic acids is 1. The molecule has 140 valence electrons. The van der Waals surface area contributed by atoms with Crippen LogP contribution in [0.1, 0.15) is 25.8 Å². The third-order valence-corrected chi connectivity index (χ3v) is 4.24. The zero-order chi connectivity index (χ0) is 19.1. The number of halogens is 3. The molecule has 1 heterocycles. The lowest BCUT2D eigenvalue weighted by Gasteiger charge is -2.14. The van der Waals surface area contributed by atoms with Crippen LogP contribution in [0, 0.1) is 17.5 Å². The number of benzene rings is 1. The van der Waals surface area contributed by atoms with Crippen LogP contribution in [0.3, 0.4) is 0 Å². The quantitative estimate of drug-likeness (QED) is 0.521. The number of thioether (sulfide) groups is 1. The van der Waals surface area contributed by atoms with Gasteiger partial charge in [-0.15, -0.1) is 11.8 Å². The Hall–Kier alpha value is -2.22. The number of aryl methyl sites for hydroxylation is 1. The van der Waals surface area contributed by atoms with Gasteiger partial charge in [0, 0.05) is 12.5 Å². The Morgan fingerprint density at radius 1 is 1.19 bits per heavy atom. The second kappa shape index (κ2) is 9.47. The minimum Gasteiger partial charge on any atom is -0.466 e. The van der Waals surface area contributed by atoms with E-state index in [9.17, 15) is 18.0 Å². The summed E-state index contributed by atoms with van der Waals surface area (Å²) in [4.78, 5) is 15.8.